The van der Waals surface area contributed by atoms with Crippen molar-refractivity contribution in [1.29, 1.82) is 0 Å². The Morgan fingerprint density at radius 2 is 2.08 bits per heavy atom. The molecule has 3 rings (SSSR count). The minimum absolute atomic E-state index is 0.0202. The van der Waals surface area contributed by atoms with E-state index in [1.54, 1.807) is 18.2 Å². The van der Waals surface area contributed by atoms with Gasteiger partial charge >= 0.3 is 0 Å². The van der Waals surface area contributed by atoms with E-state index < -0.39 is 0 Å². The summed E-state index contributed by atoms with van der Waals surface area (Å²) in [5.74, 6) is 1.01. The van der Waals surface area contributed by atoms with Crippen molar-refractivity contribution in [3.63, 3.8) is 0 Å². The number of hydrogen-bond acceptors (Lipinski definition) is 4. The summed E-state index contributed by atoms with van der Waals surface area (Å²) >= 11 is 1.35. The van der Waals surface area contributed by atoms with E-state index in [9.17, 15) is 9.18 Å². The van der Waals surface area contributed by atoms with Crippen molar-refractivity contribution in [3.8, 4) is 11.4 Å². The lowest BCUT2D eigenvalue weighted by Gasteiger charge is -2.29. The van der Waals surface area contributed by atoms with Crippen LogP contribution in [-0.2, 0) is 11.3 Å². The normalized spacial score (nSPS) is 20.1. The lowest BCUT2D eigenvalue weighted by molar-refractivity contribution is -0.119. The van der Waals surface area contributed by atoms with Gasteiger partial charge in [-0.3, -0.25) is 4.79 Å². The van der Waals surface area contributed by atoms with Gasteiger partial charge < -0.3 is 9.88 Å². The lowest BCUT2D eigenvalue weighted by Crippen LogP contribution is -2.41. The molecule has 0 bridgehead atoms. The first kappa shape index (κ1) is 18.9. The molecule has 1 aliphatic carbocycles. The zero-order chi connectivity index (χ0) is 18.5. The fraction of sp³-hybridized carbons (Fsp3) is 0.526. The first-order chi connectivity index (χ1) is 12.6. The molecule has 1 aromatic carbocycles. The van der Waals surface area contributed by atoms with Crippen molar-refractivity contribution in [3.05, 3.63) is 30.1 Å². The molecule has 1 fully saturated rings. The summed E-state index contributed by atoms with van der Waals surface area (Å²) in [6.45, 7) is 4.77. The smallest absolute Gasteiger partial charge is 0.230 e. The standard InChI is InChI=1S/C19H25FN4OS/c1-3-24-18(14-9-5-6-10-15(14)20)22-23-19(24)26-12-17(25)21-16-11-7-4-8-13(16)2/h5-6,9-10,13,16H,3-4,7-8,11-12H2,1-2H3,(H,21,25)/t13-,16+/m0/s1. The van der Waals surface area contributed by atoms with Gasteiger partial charge in [-0.1, -0.05) is 43.7 Å². The highest BCUT2D eigenvalue weighted by atomic mass is 32.2. The van der Waals surface area contributed by atoms with Crippen molar-refractivity contribution in [2.75, 3.05) is 5.75 Å². The highest BCUT2D eigenvalue weighted by Crippen LogP contribution is 2.26. The number of halogens is 1. The van der Waals surface area contributed by atoms with Crippen LogP contribution < -0.4 is 5.32 Å². The van der Waals surface area contributed by atoms with Crippen LogP contribution in [0.15, 0.2) is 29.4 Å². The van der Waals surface area contributed by atoms with Crippen molar-refractivity contribution in [2.45, 2.75) is 57.3 Å². The second kappa shape index (κ2) is 8.66. The average molecular weight is 377 g/mol. The van der Waals surface area contributed by atoms with Crippen molar-refractivity contribution in [1.82, 2.24) is 20.1 Å². The highest BCUT2D eigenvalue weighted by molar-refractivity contribution is 7.99. The number of carbonyl (C=O) groups is 1. The van der Waals surface area contributed by atoms with Crippen LogP contribution in [0.5, 0.6) is 0 Å². The Labute approximate surface area is 157 Å². The van der Waals surface area contributed by atoms with Crippen LogP contribution >= 0.6 is 11.8 Å². The molecule has 0 radical (unpaired) electrons. The zero-order valence-corrected chi connectivity index (χ0v) is 16.1. The van der Waals surface area contributed by atoms with Crippen molar-refractivity contribution >= 4 is 17.7 Å². The van der Waals surface area contributed by atoms with Crippen LogP contribution in [0.2, 0.25) is 0 Å². The second-order valence-electron chi connectivity index (χ2n) is 6.75. The molecular weight excluding hydrogens is 351 g/mol. The molecule has 140 valence electrons. The number of nitrogens with zero attached hydrogens (tertiary/aromatic N) is 3. The highest BCUT2D eigenvalue weighted by Gasteiger charge is 2.23. The van der Waals surface area contributed by atoms with Gasteiger partial charge in [0.2, 0.25) is 5.91 Å². The molecule has 7 heteroatoms. The molecule has 0 spiro atoms. The van der Waals surface area contributed by atoms with Gasteiger partial charge in [0.15, 0.2) is 11.0 Å². The third-order valence-electron chi connectivity index (χ3n) is 4.94. The van der Waals surface area contributed by atoms with Crippen LogP contribution in [0.25, 0.3) is 11.4 Å². The predicted octanol–water partition coefficient (Wildman–Crippen LogP) is 3.89. The minimum atomic E-state index is -0.324. The molecule has 1 heterocycles. The Hall–Kier alpha value is -1.89. The number of benzene rings is 1. The molecule has 0 unspecified atom stereocenters. The summed E-state index contributed by atoms with van der Waals surface area (Å²) < 4.78 is 15.9. The summed E-state index contributed by atoms with van der Waals surface area (Å²) in [6, 6.07) is 6.80. The molecule has 26 heavy (non-hydrogen) atoms. The minimum Gasteiger partial charge on any atom is -0.352 e. The SMILES string of the molecule is CCn1c(SCC(=O)N[C@@H]2CCCC[C@@H]2C)nnc1-c1ccccc1F. The zero-order valence-electron chi connectivity index (χ0n) is 15.2. The molecule has 1 saturated carbocycles. The van der Waals surface area contributed by atoms with E-state index in [1.165, 1.54) is 37.1 Å². The second-order valence-corrected chi connectivity index (χ2v) is 7.70. The van der Waals surface area contributed by atoms with E-state index in [4.69, 9.17) is 0 Å². The number of amides is 1. The topological polar surface area (TPSA) is 59.8 Å². The summed E-state index contributed by atoms with van der Waals surface area (Å²) in [5, 5.41) is 12.1. The van der Waals surface area contributed by atoms with Crippen molar-refractivity contribution < 1.29 is 9.18 Å². The van der Waals surface area contributed by atoms with E-state index in [1.807, 2.05) is 11.5 Å². The fourth-order valence-corrected chi connectivity index (χ4v) is 4.25. The quantitative estimate of drug-likeness (QED) is 0.777. The third kappa shape index (κ3) is 4.26. The molecular formula is C19H25FN4OS. The number of nitrogens with one attached hydrogen (secondary N) is 1. The Kier molecular flexibility index (Phi) is 6.29. The van der Waals surface area contributed by atoms with Crippen LogP contribution in [-0.4, -0.2) is 32.5 Å². The van der Waals surface area contributed by atoms with Gasteiger partial charge in [-0.15, -0.1) is 10.2 Å². The van der Waals surface area contributed by atoms with Crippen LogP contribution in [0.1, 0.15) is 39.5 Å². The van der Waals surface area contributed by atoms with Gasteiger partial charge in [-0.25, -0.2) is 4.39 Å². The first-order valence-electron chi connectivity index (χ1n) is 9.20. The van der Waals surface area contributed by atoms with E-state index in [0.29, 0.717) is 34.8 Å². The van der Waals surface area contributed by atoms with Gasteiger partial charge in [0.25, 0.3) is 0 Å². The third-order valence-corrected chi connectivity index (χ3v) is 5.90. The maximum Gasteiger partial charge on any atom is 0.230 e. The maximum atomic E-state index is 14.1. The Bertz CT molecular complexity index is 764. The Morgan fingerprint density at radius 1 is 1.31 bits per heavy atom. The number of hydrogen-bond donors (Lipinski definition) is 1. The Balaban J connectivity index is 1.65. The summed E-state index contributed by atoms with van der Waals surface area (Å²) in [6.07, 6.45) is 4.66. The monoisotopic (exact) mass is 376 g/mol. The predicted molar refractivity (Wildman–Crippen MR) is 101 cm³/mol. The van der Waals surface area contributed by atoms with Crippen LogP contribution in [0.4, 0.5) is 4.39 Å². The number of aromatic nitrogens is 3. The molecule has 2 atom stereocenters. The first-order valence-corrected chi connectivity index (χ1v) is 10.2. The summed E-state index contributed by atoms with van der Waals surface area (Å²) in [7, 11) is 0. The molecule has 1 aromatic heterocycles. The van der Waals surface area contributed by atoms with E-state index in [0.717, 1.165) is 6.42 Å². The largest absolute Gasteiger partial charge is 0.352 e. The van der Waals surface area contributed by atoms with Crippen LogP contribution in [0.3, 0.4) is 0 Å². The van der Waals surface area contributed by atoms with Gasteiger partial charge in [0.05, 0.1) is 11.3 Å². The average Bonchev–Trinajstić information content (AvgIpc) is 3.05. The number of thioether (sulfide) groups is 1. The van der Waals surface area contributed by atoms with E-state index in [2.05, 4.69) is 22.4 Å². The van der Waals surface area contributed by atoms with E-state index >= 15 is 0 Å². The molecule has 5 nitrogen and oxygen atoms in total. The molecule has 1 N–H and O–H groups in total. The van der Waals surface area contributed by atoms with E-state index in [-0.39, 0.29) is 17.8 Å². The molecule has 0 aliphatic heterocycles. The van der Waals surface area contributed by atoms with Crippen molar-refractivity contribution in [2.24, 2.45) is 5.92 Å². The lowest BCUT2D eigenvalue weighted by atomic mass is 9.86. The summed E-state index contributed by atoms with van der Waals surface area (Å²) in [4.78, 5) is 12.3. The molecule has 0 saturated heterocycles. The van der Waals surface area contributed by atoms with Gasteiger partial charge in [0.1, 0.15) is 5.82 Å². The van der Waals surface area contributed by atoms with Gasteiger partial charge in [-0.05, 0) is 37.8 Å². The molecule has 2 aromatic rings. The van der Waals surface area contributed by atoms with Gasteiger partial charge in [-0.2, -0.15) is 0 Å². The fourth-order valence-electron chi connectivity index (χ4n) is 3.43. The number of rotatable bonds is 6. The van der Waals surface area contributed by atoms with Gasteiger partial charge in [0, 0.05) is 12.6 Å². The summed E-state index contributed by atoms with van der Waals surface area (Å²) in [5.41, 5.74) is 0.425. The molecule has 1 amide bonds. The number of carbonyl (C=O) groups excluding carboxylic acids is 1. The van der Waals surface area contributed by atoms with Crippen LogP contribution in [0, 0.1) is 11.7 Å². The molecule has 1 aliphatic rings. The Morgan fingerprint density at radius 3 is 2.81 bits per heavy atom. The maximum absolute atomic E-state index is 14.1.